The SMILES string of the molecule is Cc1nc(SC2CCN(c3ccc(C#N)cc3F)CC2)ccc1COc1cccc2c1CN([C@@H](CCC(=O)OC(C)(C)C)C(N)=O)C2=O. The van der Waals surface area contributed by atoms with Crippen molar-refractivity contribution in [1.82, 2.24) is 9.88 Å². The Bertz CT molecular complexity index is 1750. The number of piperidine rings is 1. The fourth-order valence-electron chi connectivity index (χ4n) is 5.97. The maximum absolute atomic E-state index is 14.5. The molecular formula is C36H40FN5O5S. The highest BCUT2D eigenvalue weighted by atomic mass is 32.2. The van der Waals surface area contributed by atoms with Gasteiger partial charge in [0.2, 0.25) is 5.91 Å². The highest BCUT2D eigenvalue weighted by Gasteiger charge is 2.37. The largest absolute Gasteiger partial charge is 0.488 e. The molecule has 2 aliphatic heterocycles. The number of thioether (sulfide) groups is 1. The van der Waals surface area contributed by atoms with E-state index in [1.54, 1.807) is 62.9 Å². The third-order valence-electron chi connectivity index (χ3n) is 8.40. The lowest BCUT2D eigenvalue weighted by molar-refractivity contribution is -0.155. The molecule has 1 aromatic heterocycles. The molecule has 12 heteroatoms. The molecule has 0 unspecified atom stereocenters. The lowest BCUT2D eigenvalue weighted by Gasteiger charge is -2.33. The number of hydrogen-bond donors (Lipinski definition) is 1. The summed E-state index contributed by atoms with van der Waals surface area (Å²) in [5.74, 6) is -1.33. The minimum Gasteiger partial charge on any atom is -0.488 e. The van der Waals surface area contributed by atoms with Crippen LogP contribution in [0, 0.1) is 24.1 Å². The fourth-order valence-corrected chi connectivity index (χ4v) is 7.09. The minimum absolute atomic E-state index is 0.0489. The second-order valence-corrected chi connectivity index (χ2v) is 14.3. The first kappa shape index (κ1) is 34.7. The van der Waals surface area contributed by atoms with Crippen molar-refractivity contribution in [3.8, 4) is 11.8 Å². The summed E-state index contributed by atoms with van der Waals surface area (Å²) in [6.45, 7) is 9.03. The fraction of sp³-hybridized carbons (Fsp3) is 0.417. The Hall–Kier alpha value is -4.63. The van der Waals surface area contributed by atoms with E-state index in [4.69, 9.17) is 25.5 Å². The number of aryl methyl sites for hydroxylation is 1. The van der Waals surface area contributed by atoms with Crippen LogP contribution in [0.5, 0.6) is 5.75 Å². The molecule has 1 fully saturated rings. The zero-order chi connectivity index (χ0) is 34.6. The van der Waals surface area contributed by atoms with Gasteiger partial charge in [0, 0.05) is 47.1 Å². The van der Waals surface area contributed by atoms with E-state index in [0.29, 0.717) is 33.4 Å². The number of nitrogens with zero attached hydrogens (tertiary/aromatic N) is 4. The van der Waals surface area contributed by atoms with Crippen molar-refractivity contribution >= 4 is 35.2 Å². The number of amides is 2. The van der Waals surface area contributed by atoms with Crippen LogP contribution in [0.3, 0.4) is 0 Å². The Balaban J connectivity index is 1.17. The Morgan fingerprint density at radius 1 is 1.17 bits per heavy atom. The van der Waals surface area contributed by atoms with Gasteiger partial charge in [-0.15, -0.1) is 11.8 Å². The Kier molecular flexibility index (Phi) is 10.6. The van der Waals surface area contributed by atoms with Gasteiger partial charge in [0.25, 0.3) is 5.91 Å². The number of primary amides is 1. The number of rotatable bonds is 11. The first-order chi connectivity index (χ1) is 22.8. The number of nitrogens with two attached hydrogens (primary N) is 1. The quantitative estimate of drug-likeness (QED) is 0.255. The number of carbonyl (C=O) groups excluding carboxylic acids is 3. The van der Waals surface area contributed by atoms with E-state index in [0.717, 1.165) is 42.2 Å². The number of anilines is 1. The zero-order valence-electron chi connectivity index (χ0n) is 27.6. The summed E-state index contributed by atoms with van der Waals surface area (Å²) in [5, 5.41) is 10.3. The van der Waals surface area contributed by atoms with Crippen molar-refractivity contribution in [2.75, 3.05) is 18.0 Å². The molecule has 10 nitrogen and oxygen atoms in total. The van der Waals surface area contributed by atoms with Gasteiger partial charge < -0.3 is 25.0 Å². The molecular weight excluding hydrogens is 633 g/mol. The van der Waals surface area contributed by atoms with E-state index in [2.05, 4.69) is 0 Å². The topological polar surface area (TPSA) is 139 Å². The number of fused-ring (bicyclic) bond motifs is 1. The number of halogens is 1. The van der Waals surface area contributed by atoms with Crippen LogP contribution in [0.15, 0.2) is 53.6 Å². The molecule has 1 atom stereocenters. The number of hydrogen-bond acceptors (Lipinski definition) is 9. The van der Waals surface area contributed by atoms with Crippen LogP contribution in [0.25, 0.3) is 0 Å². The van der Waals surface area contributed by atoms with Gasteiger partial charge in [-0.05, 0) is 83.4 Å². The van der Waals surface area contributed by atoms with Gasteiger partial charge in [-0.1, -0.05) is 12.1 Å². The normalized spacial score (nSPS) is 15.5. The second-order valence-electron chi connectivity index (χ2n) is 13.0. The van der Waals surface area contributed by atoms with Crippen LogP contribution in [0.1, 0.15) is 79.2 Å². The summed E-state index contributed by atoms with van der Waals surface area (Å²) in [5.41, 5.74) is 8.70. The average molecular weight is 674 g/mol. The first-order valence-corrected chi connectivity index (χ1v) is 16.9. The molecule has 3 aromatic rings. The number of pyridine rings is 1. The summed E-state index contributed by atoms with van der Waals surface area (Å²) in [4.78, 5) is 46.2. The van der Waals surface area contributed by atoms with Gasteiger partial charge in [0.05, 0.1) is 28.9 Å². The molecule has 0 radical (unpaired) electrons. The van der Waals surface area contributed by atoms with Gasteiger partial charge in [0.15, 0.2) is 0 Å². The molecule has 2 aliphatic rings. The standard InChI is InChI=1S/C36H40FN5O5S/c1-22-24(9-12-32(40-22)48-25-14-16-41(17-15-25)29-10-8-23(19-38)18-28(29)37)21-46-31-7-5-6-26-27(31)20-42(35(26)45)30(34(39)44)11-13-33(43)47-36(2,3)4/h5-10,12,18,25,30H,11,13-17,20-21H2,1-4H3,(H2,39,44)/t30-/m0/s1. The number of benzene rings is 2. The smallest absolute Gasteiger partial charge is 0.306 e. The summed E-state index contributed by atoms with van der Waals surface area (Å²) in [6, 6.07) is 14.8. The molecule has 2 N–H and O–H groups in total. The molecule has 0 saturated carbocycles. The van der Waals surface area contributed by atoms with Gasteiger partial charge in [-0.2, -0.15) is 5.26 Å². The minimum atomic E-state index is -0.967. The van der Waals surface area contributed by atoms with Crippen molar-refractivity contribution in [3.63, 3.8) is 0 Å². The number of esters is 1. The second kappa shape index (κ2) is 14.6. The first-order valence-electron chi connectivity index (χ1n) is 16.0. The maximum atomic E-state index is 14.5. The lowest BCUT2D eigenvalue weighted by atomic mass is 10.1. The molecule has 252 valence electrons. The average Bonchev–Trinajstić information content (AvgIpc) is 3.36. The number of ether oxygens (including phenoxy) is 2. The highest BCUT2D eigenvalue weighted by molar-refractivity contribution is 7.99. The number of aromatic nitrogens is 1. The van der Waals surface area contributed by atoms with Crippen molar-refractivity contribution in [3.05, 3.63) is 82.3 Å². The molecule has 0 aliphatic carbocycles. The molecule has 1 saturated heterocycles. The Morgan fingerprint density at radius 2 is 1.92 bits per heavy atom. The number of carbonyl (C=O) groups is 3. The summed E-state index contributed by atoms with van der Waals surface area (Å²) >= 11 is 1.71. The molecule has 48 heavy (non-hydrogen) atoms. The zero-order valence-corrected chi connectivity index (χ0v) is 28.4. The predicted octanol–water partition coefficient (Wildman–Crippen LogP) is 5.67. The molecule has 0 spiro atoms. The lowest BCUT2D eigenvalue weighted by Crippen LogP contribution is -2.45. The molecule has 5 rings (SSSR count). The highest BCUT2D eigenvalue weighted by Crippen LogP contribution is 2.35. The maximum Gasteiger partial charge on any atom is 0.306 e. The van der Waals surface area contributed by atoms with Gasteiger partial charge in [0.1, 0.15) is 29.8 Å². The van der Waals surface area contributed by atoms with E-state index in [1.165, 1.54) is 11.0 Å². The van der Waals surface area contributed by atoms with Crippen LogP contribution in [0.2, 0.25) is 0 Å². The number of nitriles is 1. The molecule has 0 bridgehead atoms. The van der Waals surface area contributed by atoms with Gasteiger partial charge >= 0.3 is 5.97 Å². The Labute approximate surface area is 284 Å². The van der Waals surface area contributed by atoms with Crippen LogP contribution in [-0.4, -0.2) is 57.6 Å². The van der Waals surface area contributed by atoms with E-state index in [1.807, 2.05) is 30.0 Å². The summed E-state index contributed by atoms with van der Waals surface area (Å²) < 4.78 is 26.1. The van der Waals surface area contributed by atoms with Crippen molar-refractivity contribution < 1.29 is 28.2 Å². The summed E-state index contributed by atoms with van der Waals surface area (Å²) in [7, 11) is 0. The van der Waals surface area contributed by atoms with Crippen LogP contribution < -0.4 is 15.4 Å². The third kappa shape index (κ3) is 8.26. The van der Waals surface area contributed by atoms with E-state index < -0.39 is 23.5 Å². The third-order valence-corrected chi connectivity index (χ3v) is 9.67. The predicted molar refractivity (Wildman–Crippen MR) is 180 cm³/mol. The van der Waals surface area contributed by atoms with Crippen molar-refractivity contribution in [2.24, 2.45) is 5.73 Å². The Morgan fingerprint density at radius 3 is 2.56 bits per heavy atom. The van der Waals surface area contributed by atoms with E-state index >= 15 is 0 Å². The monoisotopic (exact) mass is 673 g/mol. The molecule has 3 heterocycles. The van der Waals surface area contributed by atoms with Gasteiger partial charge in [-0.25, -0.2) is 9.37 Å². The molecule has 2 aromatic carbocycles. The van der Waals surface area contributed by atoms with Crippen molar-refractivity contribution in [2.45, 2.75) is 88.4 Å². The molecule has 2 amide bonds. The van der Waals surface area contributed by atoms with E-state index in [9.17, 15) is 18.8 Å². The van der Waals surface area contributed by atoms with Gasteiger partial charge in [-0.3, -0.25) is 14.4 Å². The van der Waals surface area contributed by atoms with Crippen LogP contribution >= 0.6 is 11.8 Å². The van der Waals surface area contributed by atoms with Crippen molar-refractivity contribution in [1.29, 1.82) is 5.26 Å². The van der Waals surface area contributed by atoms with Crippen LogP contribution in [-0.2, 0) is 27.5 Å². The van der Waals surface area contributed by atoms with Crippen LogP contribution in [0.4, 0.5) is 10.1 Å². The summed E-state index contributed by atoms with van der Waals surface area (Å²) in [6.07, 6.45) is 1.77. The van der Waals surface area contributed by atoms with E-state index in [-0.39, 0.29) is 37.7 Å².